The topological polar surface area (TPSA) is 49.4 Å². The van der Waals surface area contributed by atoms with Gasteiger partial charge >= 0.3 is 0 Å². The number of nitrogens with zero attached hydrogens (tertiary/aromatic N) is 2. The van der Waals surface area contributed by atoms with E-state index in [1.165, 1.54) is 49.7 Å². The monoisotopic (exact) mass is 650 g/mol. The third kappa shape index (κ3) is 5.88. The molecule has 250 valence electrons. The lowest BCUT2D eigenvalue weighted by Crippen LogP contribution is -2.59. The summed E-state index contributed by atoms with van der Waals surface area (Å²) in [5, 5.41) is 9.61. The average Bonchev–Trinajstić information content (AvgIpc) is 3.09. The van der Waals surface area contributed by atoms with Crippen molar-refractivity contribution in [2.24, 2.45) is 23.2 Å². The van der Waals surface area contributed by atoms with Gasteiger partial charge in [0.05, 0.1) is 18.7 Å². The van der Waals surface area contributed by atoms with Gasteiger partial charge in [-0.3, -0.25) is 9.88 Å². The Morgan fingerprint density at radius 1 is 1.15 bits per heavy atom. The predicted octanol–water partition coefficient (Wildman–Crippen LogP) is 8.48. The summed E-state index contributed by atoms with van der Waals surface area (Å²) in [5.41, 5.74) is 7.27. The molecule has 5 aliphatic rings. The number of hydrogen-bond acceptors (Lipinski definition) is 4. The van der Waals surface area contributed by atoms with Crippen molar-refractivity contribution in [1.82, 2.24) is 20.5 Å². The number of fused-ring (bicyclic) bond motifs is 7. The van der Waals surface area contributed by atoms with E-state index in [0.29, 0.717) is 29.7 Å². The largest absolute Gasteiger partial charge is 0.497 e. The summed E-state index contributed by atoms with van der Waals surface area (Å²) < 4.78 is 5.66. The molecule has 47 heavy (non-hydrogen) atoms. The van der Waals surface area contributed by atoms with Crippen LogP contribution in [0.25, 0.3) is 10.9 Å². The van der Waals surface area contributed by atoms with Crippen molar-refractivity contribution in [2.45, 2.75) is 96.1 Å². The molecule has 1 aromatic heterocycles. The number of aryl methyl sites for hydroxylation is 1. The SMILES string of the molecule is C=CC1CN2CCC1CC2[C@@H](NC(=S)NC[C@]1(C)CCC[C@]2(C)c3ccc(C(C)C)cc3CC[C@@H]12)c1ccnc2ccc(OC)cc12. The fourth-order valence-electron chi connectivity index (χ4n) is 10.3. The molecule has 2 aliphatic carbocycles. The summed E-state index contributed by atoms with van der Waals surface area (Å²) in [5.74, 6) is 3.28. The number of benzene rings is 2. The number of rotatable bonds is 8. The first kappa shape index (κ1) is 32.6. The molecule has 3 aromatic rings. The van der Waals surface area contributed by atoms with Crippen LogP contribution in [-0.4, -0.2) is 47.8 Å². The Labute approximate surface area is 287 Å². The smallest absolute Gasteiger partial charge is 0.166 e. The molecule has 4 unspecified atom stereocenters. The molecule has 2 bridgehead atoms. The second-order valence-corrected chi connectivity index (χ2v) is 16.3. The molecule has 4 heterocycles. The Balaban J connectivity index is 1.14. The van der Waals surface area contributed by atoms with Crippen LogP contribution in [-0.2, 0) is 11.8 Å². The third-order valence-electron chi connectivity index (χ3n) is 13.0. The summed E-state index contributed by atoms with van der Waals surface area (Å²) in [6.07, 6.45) is 12.7. The zero-order valence-electron chi connectivity index (χ0n) is 29.1. The zero-order valence-corrected chi connectivity index (χ0v) is 30.0. The van der Waals surface area contributed by atoms with Gasteiger partial charge in [-0.05, 0) is 138 Å². The summed E-state index contributed by atoms with van der Waals surface area (Å²) in [4.78, 5) is 7.40. The highest BCUT2D eigenvalue weighted by Gasteiger charge is 2.52. The highest BCUT2D eigenvalue weighted by molar-refractivity contribution is 7.80. The second-order valence-electron chi connectivity index (χ2n) is 15.9. The number of ether oxygens (including phenoxy) is 1. The Morgan fingerprint density at radius 3 is 2.74 bits per heavy atom. The van der Waals surface area contributed by atoms with Crippen LogP contribution in [0.5, 0.6) is 5.75 Å². The quantitative estimate of drug-likeness (QED) is 0.188. The van der Waals surface area contributed by atoms with Gasteiger partial charge in [-0.25, -0.2) is 0 Å². The number of hydrogen-bond donors (Lipinski definition) is 2. The standard InChI is InChI=1S/C41H54N4OS/c1-7-27-24-45-20-16-29(27)22-36(45)38(32-15-19-42-35-13-11-31(46-6)23-33(32)35)44-39(47)43-25-40(4)17-8-18-41(5)34-12-9-28(26(2)3)21-30(34)10-14-37(40)41/h7,9,11-13,15,19,21,23,26-27,29,36-38H,1,8,10,14,16-18,20,22,24-25H2,2-6H3,(H2,43,44,47)/t27?,29?,36?,37-,38-,40-,41+/m0/s1. The Kier molecular flexibility index (Phi) is 8.88. The number of nitrogens with one attached hydrogen (secondary N) is 2. The maximum absolute atomic E-state index is 6.20. The van der Waals surface area contributed by atoms with Gasteiger partial charge in [-0.1, -0.05) is 58.4 Å². The van der Waals surface area contributed by atoms with E-state index in [9.17, 15) is 0 Å². The Morgan fingerprint density at radius 2 is 2.00 bits per heavy atom. The van der Waals surface area contributed by atoms with E-state index in [4.69, 9.17) is 21.9 Å². The van der Waals surface area contributed by atoms with Crippen LogP contribution in [0.2, 0.25) is 0 Å². The fourth-order valence-corrected chi connectivity index (χ4v) is 10.5. The molecule has 4 fully saturated rings. The minimum absolute atomic E-state index is 0.0438. The first-order chi connectivity index (χ1) is 22.6. The van der Waals surface area contributed by atoms with Crippen LogP contribution in [0.4, 0.5) is 0 Å². The Hall–Kier alpha value is -2.96. The van der Waals surface area contributed by atoms with Crippen LogP contribution in [0.1, 0.15) is 100 Å². The minimum atomic E-state index is 0.0438. The molecule has 3 saturated heterocycles. The molecule has 0 amide bonds. The van der Waals surface area contributed by atoms with E-state index in [-0.39, 0.29) is 16.9 Å². The molecule has 3 aliphatic heterocycles. The van der Waals surface area contributed by atoms with Crippen LogP contribution in [0, 0.1) is 23.2 Å². The van der Waals surface area contributed by atoms with Crippen LogP contribution in [0.15, 0.2) is 61.3 Å². The van der Waals surface area contributed by atoms with Crippen LogP contribution in [0.3, 0.4) is 0 Å². The van der Waals surface area contributed by atoms with Crippen molar-refractivity contribution in [2.75, 3.05) is 26.7 Å². The first-order valence-electron chi connectivity index (χ1n) is 18.1. The van der Waals surface area contributed by atoms with Crippen LogP contribution < -0.4 is 15.4 Å². The van der Waals surface area contributed by atoms with Crippen molar-refractivity contribution in [3.05, 3.63) is 83.6 Å². The summed E-state index contributed by atoms with van der Waals surface area (Å²) in [6.45, 7) is 17.0. The fraction of sp³-hybridized carbons (Fsp3) is 0.561. The van der Waals surface area contributed by atoms with Gasteiger partial charge in [0.2, 0.25) is 0 Å². The van der Waals surface area contributed by atoms with Gasteiger partial charge in [0.25, 0.3) is 0 Å². The summed E-state index contributed by atoms with van der Waals surface area (Å²) in [7, 11) is 1.73. The summed E-state index contributed by atoms with van der Waals surface area (Å²) in [6, 6.07) is 16.2. The lowest BCUT2D eigenvalue weighted by molar-refractivity contribution is 0.00407. The van der Waals surface area contributed by atoms with E-state index in [1.54, 1.807) is 18.2 Å². The van der Waals surface area contributed by atoms with Crippen molar-refractivity contribution in [3.63, 3.8) is 0 Å². The second kappa shape index (κ2) is 12.8. The van der Waals surface area contributed by atoms with E-state index < -0.39 is 0 Å². The Bertz CT molecular complexity index is 1650. The van der Waals surface area contributed by atoms with Gasteiger partial charge in [-0.15, -0.1) is 6.58 Å². The molecule has 1 saturated carbocycles. The molecule has 2 N–H and O–H groups in total. The van der Waals surface area contributed by atoms with Gasteiger partial charge in [0, 0.05) is 30.7 Å². The predicted molar refractivity (Wildman–Crippen MR) is 198 cm³/mol. The van der Waals surface area contributed by atoms with Crippen LogP contribution >= 0.6 is 12.2 Å². The maximum Gasteiger partial charge on any atom is 0.166 e. The molecule has 8 atom stereocenters. The van der Waals surface area contributed by atoms with Crippen molar-refractivity contribution < 1.29 is 4.74 Å². The van der Waals surface area contributed by atoms with E-state index in [1.807, 2.05) is 12.3 Å². The maximum atomic E-state index is 6.20. The van der Waals surface area contributed by atoms with Gasteiger partial charge in [0.1, 0.15) is 5.75 Å². The zero-order chi connectivity index (χ0) is 32.9. The third-order valence-corrected chi connectivity index (χ3v) is 13.2. The number of aromatic nitrogens is 1. The first-order valence-corrected chi connectivity index (χ1v) is 18.5. The molecule has 8 rings (SSSR count). The molecular formula is C41H54N4OS. The average molecular weight is 651 g/mol. The number of pyridine rings is 1. The van der Waals surface area contributed by atoms with E-state index in [0.717, 1.165) is 47.8 Å². The number of piperidine rings is 3. The summed E-state index contributed by atoms with van der Waals surface area (Å²) >= 11 is 6.20. The molecule has 0 spiro atoms. The normalized spacial score (nSPS) is 31.9. The van der Waals surface area contributed by atoms with Gasteiger partial charge < -0.3 is 15.4 Å². The number of methoxy groups -OCH3 is 1. The van der Waals surface area contributed by atoms with Crippen molar-refractivity contribution >= 4 is 28.2 Å². The molecule has 5 nitrogen and oxygen atoms in total. The molecular weight excluding hydrogens is 597 g/mol. The van der Waals surface area contributed by atoms with Gasteiger partial charge in [0.15, 0.2) is 5.11 Å². The highest BCUT2D eigenvalue weighted by atomic mass is 32.1. The lowest BCUT2D eigenvalue weighted by atomic mass is 9.49. The number of thiocarbonyl (C=S) groups is 1. The van der Waals surface area contributed by atoms with E-state index in [2.05, 4.69) is 92.3 Å². The molecule has 2 aromatic carbocycles. The lowest BCUT2D eigenvalue weighted by Gasteiger charge is -2.56. The van der Waals surface area contributed by atoms with E-state index >= 15 is 0 Å². The molecule has 6 heteroatoms. The highest BCUT2D eigenvalue weighted by Crippen LogP contribution is 2.57. The molecule has 0 radical (unpaired) electrons. The van der Waals surface area contributed by atoms with Gasteiger partial charge in [-0.2, -0.15) is 0 Å². The van der Waals surface area contributed by atoms with Crippen molar-refractivity contribution in [3.8, 4) is 5.75 Å². The minimum Gasteiger partial charge on any atom is -0.497 e. The van der Waals surface area contributed by atoms with Crippen molar-refractivity contribution in [1.29, 1.82) is 0 Å².